The molecule has 0 bridgehead atoms. The van der Waals surface area contributed by atoms with E-state index in [0.717, 1.165) is 0 Å². The first-order valence-electron chi connectivity index (χ1n) is 6.92. The number of aliphatic hydroxyl groups is 1. The third-order valence-corrected chi connectivity index (χ3v) is 3.76. The smallest absolute Gasteiger partial charge is 0.0471 e. The van der Waals surface area contributed by atoms with Crippen LogP contribution in [-0.2, 0) is 0 Å². The molecule has 2 heteroatoms. The number of hydrogen-bond acceptors (Lipinski definition) is 2. The minimum atomic E-state index is 0.229. The van der Waals surface area contributed by atoms with Crippen LogP contribution < -0.4 is 5.32 Å². The van der Waals surface area contributed by atoms with Gasteiger partial charge in [0.1, 0.15) is 0 Å². The van der Waals surface area contributed by atoms with Gasteiger partial charge in [0.2, 0.25) is 0 Å². The summed E-state index contributed by atoms with van der Waals surface area (Å²) in [5.74, 6) is 0.859. The molecule has 0 radical (unpaired) electrons. The average molecular weight is 249 g/mol. The Labute approximate surface area is 111 Å². The number of nitrogens with one attached hydrogen (secondary N) is 1. The molecule has 0 heterocycles. The monoisotopic (exact) mass is 249 g/mol. The van der Waals surface area contributed by atoms with Gasteiger partial charge in [-0.1, -0.05) is 45.0 Å². The minimum absolute atomic E-state index is 0.229. The molecule has 1 aromatic carbocycles. The predicted molar refractivity (Wildman–Crippen MR) is 77.8 cm³/mol. The second-order valence-corrected chi connectivity index (χ2v) is 5.66. The Bertz CT molecular complexity index is 345. The van der Waals surface area contributed by atoms with Crippen LogP contribution in [0.3, 0.4) is 0 Å². The van der Waals surface area contributed by atoms with Gasteiger partial charge in [0.25, 0.3) is 0 Å². The molecule has 0 fully saturated rings. The Hall–Kier alpha value is -0.860. The third-order valence-electron chi connectivity index (χ3n) is 3.76. The van der Waals surface area contributed by atoms with Crippen LogP contribution in [0.1, 0.15) is 57.7 Å². The van der Waals surface area contributed by atoms with Crippen LogP contribution in [0.25, 0.3) is 0 Å². The topological polar surface area (TPSA) is 32.3 Å². The minimum Gasteiger partial charge on any atom is -0.396 e. The second-order valence-electron chi connectivity index (χ2n) is 5.66. The van der Waals surface area contributed by atoms with Gasteiger partial charge in [0, 0.05) is 18.7 Å². The van der Waals surface area contributed by atoms with Gasteiger partial charge >= 0.3 is 0 Å². The maximum absolute atomic E-state index is 9.15. The normalized spacial score (nSPS) is 16.6. The van der Waals surface area contributed by atoms with Crippen molar-refractivity contribution in [3.05, 3.63) is 35.4 Å². The van der Waals surface area contributed by atoms with Crippen molar-refractivity contribution in [2.24, 2.45) is 5.92 Å². The van der Waals surface area contributed by atoms with Crippen molar-refractivity contribution in [1.82, 2.24) is 5.32 Å². The van der Waals surface area contributed by atoms with Gasteiger partial charge in [-0.15, -0.1) is 0 Å². The zero-order valence-electron chi connectivity index (χ0n) is 12.3. The first-order chi connectivity index (χ1) is 8.45. The highest BCUT2D eigenvalue weighted by molar-refractivity contribution is 5.26. The van der Waals surface area contributed by atoms with E-state index in [4.69, 9.17) is 5.11 Å². The summed E-state index contributed by atoms with van der Waals surface area (Å²) >= 11 is 0. The van der Waals surface area contributed by atoms with Crippen molar-refractivity contribution in [3.8, 4) is 0 Å². The fraction of sp³-hybridized carbons (Fsp3) is 0.625. The van der Waals surface area contributed by atoms with Gasteiger partial charge in [0.05, 0.1) is 0 Å². The lowest BCUT2D eigenvalue weighted by Gasteiger charge is -2.24. The van der Waals surface area contributed by atoms with Crippen LogP contribution in [0, 0.1) is 5.92 Å². The Balaban J connectivity index is 2.64. The van der Waals surface area contributed by atoms with Crippen LogP contribution >= 0.6 is 0 Å². The molecule has 3 unspecified atom stereocenters. The Kier molecular flexibility index (Phi) is 5.83. The zero-order chi connectivity index (χ0) is 13.7. The van der Waals surface area contributed by atoms with E-state index in [1.807, 2.05) is 0 Å². The van der Waals surface area contributed by atoms with Crippen molar-refractivity contribution in [3.63, 3.8) is 0 Å². The van der Waals surface area contributed by atoms with E-state index in [-0.39, 0.29) is 12.5 Å². The lowest BCUT2D eigenvalue weighted by molar-refractivity contribution is 0.202. The standard InChI is InChI=1S/C16H27NO/c1-11(2)15-6-8-16(9-7-15)14(5)17-13(4)12(3)10-18/h6-9,11-14,17-18H,10H2,1-5H3. The van der Waals surface area contributed by atoms with Gasteiger partial charge < -0.3 is 10.4 Å². The van der Waals surface area contributed by atoms with E-state index in [9.17, 15) is 0 Å². The van der Waals surface area contributed by atoms with E-state index >= 15 is 0 Å². The molecule has 0 spiro atoms. The Morgan fingerprint density at radius 3 is 1.89 bits per heavy atom. The molecule has 1 rings (SSSR count). The van der Waals surface area contributed by atoms with E-state index < -0.39 is 0 Å². The van der Waals surface area contributed by atoms with Crippen LogP contribution in [0.4, 0.5) is 0 Å². The molecular weight excluding hydrogens is 222 g/mol. The predicted octanol–water partition coefficient (Wildman–Crippen LogP) is 3.48. The summed E-state index contributed by atoms with van der Waals surface area (Å²) in [5, 5.41) is 12.7. The molecule has 0 amide bonds. The van der Waals surface area contributed by atoms with Crippen LogP contribution in [0.2, 0.25) is 0 Å². The lowest BCUT2D eigenvalue weighted by Crippen LogP contribution is -2.35. The van der Waals surface area contributed by atoms with Gasteiger partial charge in [-0.05, 0) is 36.8 Å². The molecule has 0 saturated carbocycles. The van der Waals surface area contributed by atoms with Gasteiger partial charge in [-0.3, -0.25) is 0 Å². The zero-order valence-corrected chi connectivity index (χ0v) is 12.3. The number of hydrogen-bond donors (Lipinski definition) is 2. The highest BCUT2D eigenvalue weighted by Gasteiger charge is 2.14. The molecule has 1 aromatic rings. The van der Waals surface area contributed by atoms with Crippen molar-refractivity contribution in [2.75, 3.05) is 6.61 Å². The highest BCUT2D eigenvalue weighted by atomic mass is 16.3. The average Bonchev–Trinajstić information content (AvgIpc) is 2.37. The molecule has 0 aliphatic carbocycles. The van der Waals surface area contributed by atoms with Gasteiger partial charge in [0.15, 0.2) is 0 Å². The van der Waals surface area contributed by atoms with E-state index in [1.54, 1.807) is 0 Å². The molecule has 0 saturated heterocycles. The molecule has 18 heavy (non-hydrogen) atoms. The van der Waals surface area contributed by atoms with Crippen molar-refractivity contribution < 1.29 is 5.11 Å². The van der Waals surface area contributed by atoms with Gasteiger partial charge in [-0.25, -0.2) is 0 Å². The lowest BCUT2D eigenvalue weighted by atomic mass is 9.98. The molecule has 3 atom stereocenters. The van der Waals surface area contributed by atoms with E-state index in [0.29, 0.717) is 18.0 Å². The molecule has 0 aliphatic heterocycles. The summed E-state index contributed by atoms with van der Waals surface area (Å²) in [4.78, 5) is 0. The maximum atomic E-state index is 9.15. The third kappa shape index (κ3) is 4.11. The first kappa shape index (κ1) is 15.2. The number of aliphatic hydroxyl groups excluding tert-OH is 1. The van der Waals surface area contributed by atoms with Crippen molar-refractivity contribution in [2.45, 2.75) is 52.6 Å². The summed E-state index contributed by atoms with van der Waals surface area (Å²) in [7, 11) is 0. The highest BCUT2D eigenvalue weighted by Crippen LogP contribution is 2.19. The van der Waals surface area contributed by atoms with Crippen molar-refractivity contribution in [1.29, 1.82) is 0 Å². The van der Waals surface area contributed by atoms with Crippen LogP contribution in [0.15, 0.2) is 24.3 Å². The van der Waals surface area contributed by atoms with Crippen LogP contribution in [-0.4, -0.2) is 17.8 Å². The summed E-state index contributed by atoms with van der Waals surface area (Å²) < 4.78 is 0. The Morgan fingerprint density at radius 1 is 0.944 bits per heavy atom. The molecule has 2 N–H and O–H groups in total. The molecule has 0 aromatic heterocycles. The number of benzene rings is 1. The summed E-state index contributed by atoms with van der Waals surface area (Å²) in [5.41, 5.74) is 2.68. The SMILES string of the molecule is CC(C)c1ccc(C(C)NC(C)C(C)CO)cc1. The van der Waals surface area contributed by atoms with Crippen LogP contribution in [0.5, 0.6) is 0 Å². The molecular formula is C16H27NO. The van der Waals surface area contributed by atoms with E-state index in [2.05, 4.69) is 64.2 Å². The first-order valence-corrected chi connectivity index (χ1v) is 6.92. The summed E-state index contributed by atoms with van der Waals surface area (Å²) in [6, 6.07) is 9.44. The summed E-state index contributed by atoms with van der Waals surface area (Å²) in [6.45, 7) is 11.0. The molecule has 0 aliphatic rings. The summed E-state index contributed by atoms with van der Waals surface area (Å²) in [6.07, 6.45) is 0. The van der Waals surface area contributed by atoms with Gasteiger partial charge in [-0.2, -0.15) is 0 Å². The largest absolute Gasteiger partial charge is 0.396 e. The van der Waals surface area contributed by atoms with Crippen molar-refractivity contribution >= 4 is 0 Å². The molecule has 2 nitrogen and oxygen atoms in total. The van der Waals surface area contributed by atoms with E-state index in [1.165, 1.54) is 11.1 Å². The maximum Gasteiger partial charge on any atom is 0.0471 e. The quantitative estimate of drug-likeness (QED) is 0.809. The second kappa shape index (κ2) is 6.91. The molecule has 102 valence electrons. The number of rotatable bonds is 6. The fourth-order valence-corrected chi connectivity index (χ4v) is 1.98. The fourth-order valence-electron chi connectivity index (χ4n) is 1.98. The Morgan fingerprint density at radius 2 is 1.44 bits per heavy atom.